The predicted octanol–water partition coefficient (Wildman–Crippen LogP) is 4.69. The van der Waals surface area contributed by atoms with Crippen molar-refractivity contribution in [3.8, 4) is 0 Å². The minimum Gasteiger partial charge on any atom is -0.310 e. The van der Waals surface area contributed by atoms with Gasteiger partial charge in [-0.2, -0.15) is 0 Å². The zero-order valence-electron chi connectivity index (χ0n) is 12.2. The lowest BCUT2D eigenvalue weighted by Crippen LogP contribution is -2.28. The van der Waals surface area contributed by atoms with Gasteiger partial charge < -0.3 is 5.32 Å². The largest absolute Gasteiger partial charge is 0.310 e. The molecule has 2 rings (SSSR count). The quantitative estimate of drug-likeness (QED) is 0.812. The van der Waals surface area contributed by atoms with Crippen LogP contribution in [-0.4, -0.2) is 6.54 Å². The van der Waals surface area contributed by atoms with Gasteiger partial charge in [0.1, 0.15) is 5.82 Å². The fourth-order valence-corrected chi connectivity index (χ4v) is 3.12. The first-order chi connectivity index (χ1) is 9.20. The third kappa shape index (κ3) is 4.04. The average Bonchev–Trinajstić information content (AvgIpc) is 2.46. The summed E-state index contributed by atoms with van der Waals surface area (Å²) >= 11 is 0. The molecule has 106 valence electrons. The highest BCUT2D eigenvalue weighted by molar-refractivity contribution is 5.20. The molecule has 0 saturated heterocycles. The molecule has 1 aromatic rings. The summed E-state index contributed by atoms with van der Waals surface area (Å²) in [6.45, 7) is 5.37. The topological polar surface area (TPSA) is 12.0 Å². The third-order valence-electron chi connectivity index (χ3n) is 4.63. The average molecular weight is 263 g/mol. The van der Waals surface area contributed by atoms with E-state index < -0.39 is 0 Å². The number of halogens is 1. The maximum absolute atomic E-state index is 13.7. The highest BCUT2D eigenvalue weighted by Crippen LogP contribution is 2.30. The summed E-state index contributed by atoms with van der Waals surface area (Å²) in [4.78, 5) is 0. The van der Waals surface area contributed by atoms with Gasteiger partial charge in [-0.1, -0.05) is 44.4 Å². The van der Waals surface area contributed by atoms with E-state index in [1.54, 1.807) is 12.1 Å². The molecule has 1 saturated carbocycles. The molecular weight excluding hydrogens is 237 g/mol. The van der Waals surface area contributed by atoms with E-state index in [0.29, 0.717) is 0 Å². The molecule has 0 spiro atoms. The Balaban J connectivity index is 1.78. The van der Waals surface area contributed by atoms with Gasteiger partial charge in [0, 0.05) is 11.6 Å². The second-order valence-corrected chi connectivity index (χ2v) is 5.95. The number of hydrogen-bond donors (Lipinski definition) is 1. The molecule has 1 aliphatic carbocycles. The summed E-state index contributed by atoms with van der Waals surface area (Å²) < 4.78 is 13.7. The smallest absolute Gasteiger partial charge is 0.127 e. The zero-order chi connectivity index (χ0) is 13.7. The first-order valence-electron chi connectivity index (χ1n) is 7.68. The second-order valence-electron chi connectivity index (χ2n) is 5.95. The summed E-state index contributed by atoms with van der Waals surface area (Å²) in [5.41, 5.74) is 0.782. The molecule has 0 bridgehead atoms. The molecule has 1 aliphatic rings. The molecule has 19 heavy (non-hydrogen) atoms. The molecule has 0 radical (unpaired) electrons. The summed E-state index contributed by atoms with van der Waals surface area (Å²) in [5, 5.41) is 3.50. The van der Waals surface area contributed by atoms with Crippen molar-refractivity contribution in [3.05, 3.63) is 35.6 Å². The van der Waals surface area contributed by atoms with Crippen molar-refractivity contribution >= 4 is 0 Å². The Morgan fingerprint density at radius 1 is 1.16 bits per heavy atom. The number of hydrogen-bond acceptors (Lipinski definition) is 1. The van der Waals surface area contributed by atoms with Crippen molar-refractivity contribution in [2.45, 2.75) is 52.0 Å². The highest BCUT2D eigenvalue weighted by atomic mass is 19.1. The number of rotatable bonds is 5. The summed E-state index contributed by atoms with van der Waals surface area (Å²) in [7, 11) is 0. The Kier molecular flexibility index (Phi) is 5.38. The van der Waals surface area contributed by atoms with Gasteiger partial charge in [0.2, 0.25) is 0 Å². The molecule has 0 aliphatic heterocycles. The van der Waals surface area contributed by atoms with Crippen LogP contribution >= 0.6 is 0 Å². The third-order valence-corrected chi connectivity index (χ3v) is 4.63. The second kappa shape index (κ2) is 7.04. The fraction of sp³-hybridized carbons (Fsp3) is 0.647. The minimum atomic E-state index is -0.0998. The van der Waals surface area contributed by atoms with E-state index in [1.165, 1.54) is 32.1 Å². The first-order valence-corrected chi connectivity index (χ1v) is 7.68. The van der Waals surface area contributed by atoms with Crippen molar-refractivity contribution in [2.75, 3.05) is 6.54 Å². The maximum Gasteiger partial charge on any atom is 0.127 e. The van der Waals surface area contributed by atoms with Gasteiger partial charge in [0.05, 0.1) is 0 Å². The molecule has 0 heterocycles. The maximum atomic E-state index is 13.7. The van der Waals surface area contributed by atoms with Gasteiger partial charge in [-0.05, 0) is 44.2 Å². The van der Waals surface area contributed by atoms with E-state index in [0.717, 1.165) is 23.9 Å². The van der Waals surface area contributed by atoms with Crippen LogP contribution in [0.3, 0.4) is 0 Å². The summed E-state index contributed by atoms with van der Waals surface area (Å²) in [6.07, 6.45) is 6.73. The zero-order valence-corrected chi connectivity index (χ0v) is 12.2. The molecule has 1 unspecified atom stereocenters. The molecule has 2 heteroatoms. The fourth-order valence-electron chi connectivity index (χ4n) is 3.12. The molecule has 1 fully saturated rings. The van der Waals surface area contributed by atoms with E-state index in [4.69, 9.17) is 0 Å². The van der Waals surface area contributed by atoms with Crippen LogP contribution in [0.1, 0.15) is 57.6 Å². The van der Waals surface area contributed by atoms with E-state index in [1.807, 2.05) is 12.1 Å². The summed E-state index contributed by atoms with van der Waals surface area (Å²) in [6, 6.07) is 7.17. The molecule has 0 amide bonds. The van der Waals surface area contributed by atoms with Crippen LogP contribution < -0.4 is 5.32 Å². The number of nitrogens with one attached hydrogen (secondary N) is 1. The lowest BCUT2D eigenvalue weighted by Gasteiger charge is -2.29. The van der Waals surface area contributed by atoms with Crippen molar-refractivity contribution in [1.29, 1.82) is 0 Å². The van der Waals surface area contributed by atoms with Gasteiger partial charge in [-0.25, -0.2) is 4.39 Å². The normalized spacial score (nSPS) is 25.2. The van der Waals surface area contributed by atoms with Crippen molar-refractivity contribution in [3.63, 3.8) is 0 Å². The van der Waals surface area contributed by atoms with Crippen LogP contribution in [-0.2, 0) is 0 Å². The van der Waals surface area contributed by atoms with Crippen LogP contribution in [0.15, 0.2) is 24.3 Å². The van der Waals surface area contributed by atoms with Crippen LogP contribution in [0, 0.1) is 17.7 Å². The monoisotopic (exact) mass is 263 g/mol. The van der Waals surface area contributed by atoms with Crippen LogP contribution in [0.5, 0.6) is 0 Å². The van der Waals surface area contributed by atoms with Gasteiger partial charge >= 0.3 is 0 Å². The Morgan fingerprint density at radius 3 is 2.42 bits per heavy atom. The van der Waals surface area contributed by atoms with E-state index in [2.05, 4.69) is 19.2 Å². The Morgan fingerprint density at radius 2 is 1.79 bits per heavy atom. The molecule has 1 atom stereocenters. The van der Waals surface area contributed by atoms with E-state index >= 15 is 0 Å². The Labute approximate surface area is 116 Å². The predicted molar refractivity (Wildman–Crippen MR) is 78.6 cm³/mol. The molecule has 1 nitrogen and oxygen atoms in total. The van der Waals surface area contributed by atoms with Gasteiger partial charge in [-0.3, -0.25) is 0 Å². The van der Waals surface area contributed by atoms with Gasteiger partial charge in [-0.15, -0.1) is 0 Å². The first kappa shape index (κ1) is 14.5. The van der Waals surface area contributed by atoms with Gasteiger partial charge in [0.25, 0.3) is 0 Å². The lowest BCUT2D eigenvalue weighted by atomic mass is 9.81. The number of benzene rings is 1. The Bertz CT molecular complexity index is 383. The highest BCUT2D eigenvalue weighted by Gasteiger charge is 2.20. The molecule has 0 aromatic heterocycles. The van der Waals surface area contributed by atoms with Crippen molar-refractivity contribution in [1.82, 2.24) is 5.32 Å². The SMILES string of the molecule is CCC1CCC(CNC(C)c2ccccc2F)CC1. The minimum absolute atomic E-state index is 0.0998. The molecular formula is C17H26FN. The van der Waals surface area contributed by atoms with E-state index in [-0.39, 0.29) is 11.9 Å². The molecule has 1 aromatic carbocycles. The summed E-state index contributed by atoms with van der Waals surface area (Å²) in [5.74, 6) is 1.62. The van der Waals surface area contributed by atoms with Crippen LogP contribution in [0.4, 0.5) is 4.39 Å². The van der Waals surface area contributed by atoms with Crippen LogP contribution in [0.25, 0.3) is 0 Å². The standard InChI is InChI=1S/C17H26FN/c1-3-14-8-10-15(11-9-14)12-19-13(2)16-6-4-5-7-17(16)18/h4-7,13-15,19H,3,8-12H2,1-2H3. The lowest BCUT2D eigenvalue weighted by molar-refractivity contribution is 0.257. The van der Waals surface area contributed by atoms with E-state index in [9.17, 15) is 4.39 Å². The Hall–Kier alpha value is -0.890. The van der Waals surface area contributed by atoms with Crippen LogP contribution in [0.2, 0.25) is 0 Å². The van der Waals surface area contributed by atoms with Gasteiger partial charge in [0.15, 0.2) is 0 Å². The van der Waals surface area contributed by atoms with Crippen molar-refractivity contribution in [2.24, 2.45) is 11.8 Å². The molecule has 1 N–H and O–H groups in total. The van der Waals surface area contributed by atoms with Crippen molar-refractivity contribution < 1.29 is 4.39 Å².